The Kier molecular flexibility index (Phi) is 4.25. The number of hydrogen-bond donors (Lipinski definition) is 0. The van der Waals surface area contributed by atoms with E-state index in [1.807, 2.05) is 24.3 Å². The van der Waals surface area contributed by atoms with Gasteiger partial charge in [0.1, 0.15) is 0 Å². The average molecular weight is 406 g/mol. The molecule has 0 heterocycles. The Hall–Kier alpha value is 0.410. The maximum absolute atomic E-state index is 6.36. The molecule has 0 aliphatic heterocycles. The van der Waals surface area contributed by atoms with Crippen molar-refractivity contribution < 1.29 is 25.8 Å². The molecular formula is C12H12Cl2Hf. The van der Waals surface area contributed by atoms with Crippen LogP contribution < -0.4 is 0 Å². The molecule has 0 bridgehead atoms. The van der Waals surface area contributed by atoms with E-state index in [1.165, 1.54) is 0 Å². The zero-order valence-electron chi connectivity index (χ0n) is 8.72. The third kappa shape index (κ3) is 2.25. The van der Waals surface area contributed by atoms with Gasteiger partial charge in [-0.1, -0.05) is 67.4 Å². The van der Waals surface area contributed by atoms with E-state index in [-0.39, 0.29) is 25.8 Å². The molecule has 0 saturated carbocycles. The summed E-state index contributed by atoms with van der Waals surface area (Å²) in [6, 6.07) is 8.00. The van der Waals surface area contributed by atoms with Crippen LogP contribution in [0.15, 0.2) is 29.8 Å². The summed E-state index contributed by atoms with van der Waals surface area (Å²) in [6.07, 6.45) is 2.10. The second-order valence-corrected chi connectivity index (χ2v) is 5.24. The molecule has 0 amide bonds. The number of fused-ring (bicyclic) bond motifs is 1. The summed E-state index contributed by atoms with van der Waals surface area (Å²) in [7, 11) is 0. The van der Waals surface area contributed by atoms with Gasteiger partial charge in [0.2, 0.25) is 0 Å². The second-order valence-electron chi connectivity index (χ2n) is 3.92. The van der Waals surface area contributed by atoms with Crippen LogP contribution in [0.2, 0.25) is 0 Å². The molecule has 2 rings (SSSR count). The van der Waals surface area contributed by atoms with Crippen LogP contribution in [0.5, 0.6) is 0 Å². The zero-order chi connectivity index (χ0) is 10.3. The van der Waals surface area contributed by atoms with Gasteiger partial charge in [0.25, 0.3) is 0 Å². The van der Waals surface area contributed by atoms with Crippen molar-refractivity contribution in [3.8, 4) is 0 Å². The molecule has 0 spiro atoms. The number of alkyl halides is 2. The zero-order valence-corrected chi connectivity index (χ0v) is 13.8. The van der Waals surface area contributed by atoms with Crippen molar-refractivity contribution >= 4 is 29.3 Å². The molecule has 3 heteroatoms. The molecule has 0 nitrogen and oxygen atoms in total. The predicted molar refractivity (Wildman–Crippen MR) is 62.6 cm³/mol. The van der Waals surface area contributed by atoms with Crippen LogP contribution >= 0.6 is 23.2 Å². The third-order valence-electron chi connectivity index (χ3n) is 2.59. The van der Waals surface area contributed by atoms with Crippen molar-refractivity contribution in [2.24, 2.45) is 5.92 Å². The van der Waals surface area contributed by atoms with E-state index in [1.54, 1.807) is 0 Å². The first-order valence-corrected chi connectivity index (χ1v) is 5.48. The van der Waals surface area contributed by atoms with Gasteiger partial charge in [0.15, 0.2) is 4.33 Å². The minimum Gasteiger partial charge on any atom is -0.0912 e. The molecule has 0 aromatic heterocycles. The van der Waals surface area contributed by atoms with Crippen molar-refractivity contribution in [2.45, 2.75) is 18.2 Å². The smallest absolute Gasteiger partial charge is 0.0912 e. The number of hydrogen-bond acceptors (Lipinski definition) is 0. The van der Waals surface area contributed by atoms with E-state index in [0.717, 1.165) is 16.7 Å². The molecule has 0 unspecified atom stereocenters. The molecule has 1 aromatic rings. The minimum absolute atomic E-state index is 0. The molecule has 0 radical (unpaired) electrons. The van der Waals surface area contributed by atoms with Crippen molar-refractivity contribution in [3.05, 3.63) is 41.0 Å². The fourth-order valence-corrected chi connectivity index (χ4v) is 2.74. The van der Waals surface area contributed by atoms with Crippen molar-refractivity contribution in [1.82, 2.24) is 0 Å². The standard InChI is InChI=1S/C12H12Cl2.Hf/c1-8(2)11-7-9-5-3-4-6-10(9)12(11,13)14;/h3-8H,1-2H3;. The molecule has 0 N–H and O–H groups in total. The number of halogens is 2. The van der Waals surface area contributed by atoms with Gasteiger partial charge >= 0.3 is 0 Å². The normalized spacial score (nSPS) is 17.0. The van der Waals surface area contributed by atoms with Crippen LogP contribution in [-0.4, -0.2) is 0 Å². The van der Waals surface area contributed by atoms with E-state index in [9.17, 15) is 0 Å². The van der Waals surface area contributed by atoms with Crippen molar-refractivity contribution in [2.75, 3.05) is 0 Å². The summed E-state index contributed by atoms with van der Waals surface area (Å²) in [5, 5.41) is 0. The van der Waals surface area contributed by atoms with Crippen LogP contribution in [-0.2, 0) is 30.2 Å². The van der Waals surface area contributed by atoms with Crippen LogP contribution in [0, 0.1) is 5.92 Å². The largest absolute Gasteiger partial charge is 0.165 e. The third-order valence-corrected chi connectivity index (χ3v) is 3.44. The fraction of sp³-hybridized carbons (Fsp3) is 0.333. The van der Waals surface area contributed by atoms with Gasteiger partial charge in [-0.15, -0.1) is 0 Å². The number of rotatable bonds is 1. The van der Waals surface area contributed by atoms with Crippen molar-refractivity contribution in [1.29, 1.82) is 0 Å². The summed E-state index contributed by atoms with van der Waals surface area (Å²) in [6.45, 7) is 4.22. The topological polar surface area (TPSA) is 0 Å². The number of benzene rings is 1. The van der Waals surface area contributed by atoms with Crippen molar-refractivity contribution in [3.63, 3.8) is 0 Å². The van der Waals surface area contributed by atoms with Crippen LogP contribution in [0.3, 0.4) is 0 Å². The van der Waals surface area contributed by atoms with Gasteiger partial charge in [-0.2, -0.15) is 0 Å². The number of allylic oxidation sites excluding steroid dienone is 1. The Bertz CT molecular complexity index is 394. The Morgan fingerprint density at radius 2 is 1.73 bits per heavy atom. The summed E-state index contributed by atoms with van der Waals surface area (Å²) in [4.78, 5) is 0. The van der Waals surface area contributed by atoms with Gasteiger partial charge in [-0.05, 0) is 22.6 Å². The molecule has 1 aliphatic carbocycles. The second kappa shape index (κ2) is 4.73. The molecule has 78 valence electrons. The van der Waals surface area contributed by atoms with Gasteiger partial charge in [-0.25, -0.2) is 0 Å². The predicted octanol–water partition coefficient (Wildman–Crippen LogP) is 4.37. The maximum atomic E-state index is 6.36. The first-order valence-electron chi connectivity index (χ1n) is 4.73. The van der Waals surface area contributed by atoms with E-state index in [2.05, 4.69) is 19.9 Å². The van der Waals surface area contributed by atoms with E-state index < -0.39 is 4.33 Å². The average Bonchev–Trinajstić information content (AvgIpc) is 2.39. The van der Waals surface area contributed by atoms with Gasteiger partial charge in [0, 0.05) is 25.8 Å². The van der Waals surface area contributed by atoms with E-state index in [4.69, 9.17) is 23.2 Å². The van der Waals surface area contributed by atoms with E-state index >= 15 is 0 Å². The monoisotopic (exact) mass is 406 g/mol. The maximum Gasteiger partial charge on any atom is 0.165 e. The summed E-state index contributed by atoms with van der Waals surface area (Å²) in [5.41, 5.74) is 3.23. The van der Waals surface area contributed by atoms with Gasteiger partial charge < -0.3 is 0 Å². The summed E-state index contributed by atoms with van der Waals surface area (Å²) >= 11 is 12.7. The molecular weight excluding hydrogens is 394 g/mol. The SMILES string of the molecule is CC(C)C1=Cc2ccccc2C1(Cl)Cl.[Hf]. The van der Waals surface area contributed by atoms with E-state index in [0.29, 0.717) is 5.92 Å². The molecule has 0 fully saturated rings. The van der Waals surface area contributed by atoms with Gasteiger partial charge in [0.05, 0.1) is 0 Å². The molecule has 1 aliphatic rings. The molecule has 0 saturated heterocycles. The Morgan fingerprint density at radius 1 is 1.13 bits per heavy atom. The summed E-state index contributed by atoms with van der Waals surface area (Å²) in [5.74, 6) is 0.373. The first-order chi connectivity index (χ1) is 6.53. The molecule has 1 aromatic carbocycles. The van der Waals surface area contributed by atoms with Crippen LogP contribution in [0.25, 0.3) is 6.08 Å². The Balaban J connectivity index is 0.00000112. The Labute approximate surface area is 119 Å². The molecule has 0 atom stereocenters. The summed E-state index contributed by atoms with van der Waals surface area (Å²) < 4.78 is -0.829. The first kappa shape index (κ1) is 13.5. The van der Waals surface area contributed by atoms with Crippen LogP contribution in [0.4, 0.5) is 0 Å². The van der Waals surface area contributed by atoms with Crippen LogP contribution in [0.1, 0.15) is 25.0 Å². The quantitative estimate of drug-likeness (QED) is 0.481. The fourth-order valence-electron chi connectivity index (χ4n) is 1.85. The van der Waals surface area contributed by atoms with Gasteiger partial charge in [-0.3, -0.25) is 0 Å². The Morgan fingerprint density at radius 3 is 2.27 bits per heavy atom. The molecule has 15 heavy (non-hydrogen) atoms. The minimum atomic E-state index is -0.829.